The topological polar surface area (TPSA) is 68.0 Å². The van der Waals surface area contributed by atoms with Gasteiger partial charge in [0.05, 0.1) is 16.8 Å². The molecule has 5 nitrogen and oxygen atoms in total. The van der Waals surface area contributed by atoms with Crippen molar-refractivity contribution in [1.82, 2.24) is 10.1 Å². The average Bonchev–Trinajstić information content (AvgIpc) is 3.21. The predicted molar refractivity (Wildman–Crippen MR) is 94.0 cm³/mol. The molecule has 2 heterocycles. The standard InChI is InChI=1S/C18H11F6N3O2S/c19-17(20,21)10-5-9(6-11(7-10)18(22,23)24)15(28)25-12-3-4-30-13(12)16-26-14(27-29-16)8-1-2-8/h3-8H,1-2H2,(H,25,28). The molecular weight excluding hydrogens is 436 g/mol. The minimum atomic E-state index is -5.05. The zero-order valence-electron chi connectivity index (χ0n) is 14.8. The number of benzene rings is 1. The Balaban J connectivity index is 1.64. The van der Waals surface area contributed by atoms with Gasteiger partial charge in [0.15, 0.2) is 5.82 Å². The van der Waals surface area contributed by atoms with Crippen molar-refractivity contribution in [3.63, 3.8) is 0 Å². The van der Waals surface area contributed by atoms with Gasteiger partial charge in [0.1, 0.15) is 4.88 Å². The summed E-state index contributed by atoms with van der Waals surface area (Å²) < 4.78 is 83.2. The highest BCUT2D eigenvalue weighted by Crippen LogP contribution is 2.41. The van der Waals surface area contributed by atoms with Crippen LogP contribution in [0.2, 0.25) is 0 Å². The summed E-state index contributed by atoms with van der Waals surface area (Å²) in [5.41, 5.74) is -3.78. The Labute approximate surface area is 168 Å². The third-order valence-corrected chi connectivity index (χ3v) is 5.24. The molecule has 1 saturated carbocycles. The molecule has 1 fully saturated rings. The van der Waals surface area contributed by atoms with E-state index in [0.717, 1.165) is 24.2 Å². The van der Waals surface area contributed by atoms with Crippen molar-refractivity contribution in [3.8, 4) is 10.8 Å². The molecule has 0 radical (unpaired) electrons. The largest absolute Gasteiger partial charge is 0.416 e. The molecule has 0 atom stereocenters. The summed E-state index contributed by atoms with van der Waals surface area (Å²) in [6.45, 7) is 0. The number of anilines is 1. The van der Waals surface area contributed by atoms with E-state index >= 15 is 0 Å². The number of rotatable bonds is 4. The van der Waals surface area contributed by atoms with Gasteiger partial charge in [-0.15, -0.1) is 11.3 Å². The second kappa shape index (κ2) is 7.11. The van der Waals surface area contributed by atoms with Crippen molar-refractivity contribution in [3.05, 3.63) is 52.2 Å². The molecule has 1 N–H and O–H groups in total. The first-order valence-electron chi connectivity index (χ1n) is 8.54. The Bertz CT molecular complexity index is 1070. The summed E-state index contributed by atoms with van der Waals surface area (Å²) in [4.78, 5) is 17.1. The lowest BCUT2D eigenvalue weighted by molar-refractivity contribution is -0.143. The van der Waals surface area contributed by atoms with E-state index in [-0.39, 0.29) is 23.6 Å². The van der Waals surface area contributed by atoms with E-state index < -0.39 is 35.0 Å². The molecule has 0 saturated heterocycles. The Kier molecular flexibility index (Phi) is 4.83. The van der Waals surface area contributed by atoms with Crippen LogP contribution in [0, 0.1) is 0 Å². The highest BCUT2D eigenvalue weighted by atomic mass is 32.1. The molecule has 12 heteroatoms. The molecule has 3 aromatic rings. The van der Waals surface area contributed by atoms with E-state index in [9.17, 15) is 31.1 Å². The summed E-state index contributed by atoms with van der Waals surface area (Å²) in [6.07, 6.45) is -8.23. The average molecular weight is 447 g/mol. The molecule has 1 amide bonds. The third kappa shape index (κ3) is 4.18. The number of nitrogens with one attached hydrogen (secondary N) is 1. The zero-order valence-corrected chi connectivity index (χ0v) is 15.6. The van der Waals surface area contributed by atoms with Crippen molar-refractivity contribution in [1.29, 1.82) is 0 Å². The molecule has 1 aliphatic carbocycles. The van der Waals surface area contributed by atoms with Gasteiger partial charge in [0.25, 0.3) is 11.8 Å². The van der Waals surface area contributed by atoms with Crippen LogP contribution in [0.1, 0.15) is 46.1 Å². The molecule has 158 valence electrons. The van der Waals surface area contributed by atoms with E-state index in [1.807, 2.05) is 0 Å². The number of carbonyl (C=O) groups is 1. The Hall–Kier alpha value is -2.89. The van der Waals surface area contributed by atoms with Crippen molar-refractivity contribution in [2.24, 2.45) is 0 Å². The lowest BCUT2D eigenvalue weighted by atomic mass is 10.0. The number of alkyl halides is 6. The number of aromatic nitrogens is 2. The quantitative estimate of drug-likeness (QED) is 0.501. The number of carbonyl (C=O) groups excluding carboxylic acids is 1. The van der Waals surface area contributed by atoms with E-state index in [2.05, 4.69) is 15.5 Å². The number of hydrogen-bond acceptors (Lipinski definition) is 5. The van der Waals surface area contributed by atoms with E-state index in [4.69, 9.17) is 4.52 Å². The van der Waals surface area contributed by atoms with Crippen LogP contribution < -0.4 is 5.32 Å². The maximum atomic E-state index is 13.0. The van der Waals surface area contributed by atoms with Gasteiger partial charge in [0.2, 0.25) is 0 Å². The second-order valence-corrected chi connectivity index (χ2v) is 7.56. The third-order valence-electron chi connectivity index (χ3n) is 4.34. The van der Waals surface area contributed by atoms with Crippen LogP contribution in [0.25, 0.3) is 10.8 Å². The second-order valence-electron chi connectivity index (χ2n) is 6.64. The maximum absolute atomic E-state index is 13.0. The minimum absolute atomic E-state index is 0.0371. The SMILES string of the molecule is O=C(Nc1ccsc1-c1nc(C2CC2)no1)c1cc(C(F)(F)F)cc(C(F)(F)F)c1. The van der Waals surface area contributed by atoms with Gasteiger partial charge in [-0.2, -0.15) is 31.3 Å². The molecule has 0 spiro atoms. The minimum Gasteiger partial charge on any atom is -0.333 e. The zero-order chi connectivity index (χ0) is 21.7. The predicted octanol–water partition coefficient (Wildman–Crippen LogP) is 5.97. The number of halogens is 6. The highest BCUT2D eigenvalue weighted by molar-refractivity contribution is 7.14. The smallest absolute Gasteiger partial charge is 0.333 e. The van der Waals surface area contributed by atoms with Crippen LogP contribution in [0.15, 0.2) is 34.2 Å². The van der Waals surface area contributed by atoms with E-state index in [1.54, 1.807) is 5.38 Å². The fourth-order valence-electron chi connectivity index (χ4n) is 2.69. The summed E-state index contributed by atoms with van der Waals surface area (Å²) in [7, 11) is 0. The number of nitrogens with zero attached hydrogens (tertiary/aromatic N) is 2. The lowest BCUT2D eigenvalue weighted by Crippen LogP contribution is -2.17. The Morgan fingerprint density at radius 2 is 1.70 bits per heavy atom. The van der Waals surface area contributed by atoms with Crippen LogP contribution in [0.4, 0.5) is 32.0 Å². The van der Waals surface area contributed by atoms with Crippen LogP contribution in [-0.2, 0) is 12.4 Å². The lowest BCUT2D eigenvalue weighted by Gasteiger charge is -2.14. The number of thiophene rings is 1. The fourth-order valence-corrected chi connectivity index (χ4v) is 3.46. The number of hydrogen-bond donors (Lipinski definition) is 1. The molecule has 0 unspecified atom stereocenters. The molecule has 4 rings (SSSR count). The van der Waals surface area contributed by atoms with Crippen molar-refractivity contribution in [2.75, 3.05) is 5.32 Å². The van der Waals surface area contributed by atoms with Crippen LogP contribution >= 0.6 is 11.3 Å². The first-order chi connectivity index (χ1) is 14.0. The molecule has 2 aromatic heterocycles. The molecule has 0 aliphatic heterocycles. The summed E-state index contributed by atoms with van der Waals surface area (Å²) in [6, 6.07) is 2.14. The number of amides is 1. The first-order valence-corrected chi connectivity index (χ1v) is 9.42. The highest BCUT2D eigenvalue weighted by Gasteiger charge is 2.37. The van der Waals surface area contributed by atoms with Gasteiger partial charge in [-0.05, 0) is 42.5 Å². The fraction of sp³-hybridized carbons (Fsp3) is 0.278. The molecule has 1 aliphatic rings. The van der Waals surface area contributed by atoms with Gasteiger partial charge in [-0.3, -0.25) is 4.79 Å². The van der Waals surface area contributed by atoms with Gasteiger partial charge < -0.3 is 9.84 Å². The van der Waals surface area contributed by atoms with Crippen LogP contribution in [-0.4, -0.2) is 16.0 Å². The van der Waals surface area contributed by atoms with E-state index in [0.29, 0.717) is 22.8 Å². The van der Waals surface area contributed by atoms with Crippen molar-refractivity contribution >= 4 is 22.9 Å². The molecule has 30 heavy (non-hydrogen) atoms. The van der Waals surface area contributed by atoms with Gasteiger partial charge in [0, 0.05) is 11.5 Å². The summed E-state index contributed by atoms with van der Waals surface area (Å²) >= 11 is 1.13. The molecular formula is C18H11F6N3O2S. The van der Waals surface area contributed by atoms with Gasteiger partial charge in [-0.25, -0.2) is 0 Å². The van der Waals surface area contributed by atoms with Crippen molar-refractivity contribution < 1.29 is 35.7 Å². The van der Waals surface area contributed by atoms with Crippen LogP contribution in [0.3, 0.4) is 0 Å². The van der Waals surface area contributed by atoms with Crippen molar-refractivity contribution in [2.45, 2.75) is 31.1 Å². The normalized spacial score (nSPS) is 14.7. The van der Waals surface area contributed by atoms with E-state index in [1.165, 1.54) is 6.07 Å². The summed E-state index contributed by atoms with van der Waals surface area (Å²) in [5, 5.41) is 7.74. The monoisotopic (exact) mass is 447 g/mol. The Morgan fingerprint density at radius 1 is 1.07 bits per heavy atom. The van der Waals surface area contributed by atoms with Crippen LogP contribution in [0.5, 0.6) is 0 Å². The van der Waals surface area contributed by atoms with Gasteiger partial charge >= 0.3 is 12.4 Å². The molecule has 1 aromatic carbocycles. The van der Waals surface area contributed by atoms with Gasteiger partial charge in [-0.1, -0.05) is 5.16 Å². The first kappa shape index (κ1) is 20.4. The maximum Gasteiger partial charge on any atom is 0.416 e. The Morgan fingerprint density at radius 3 is 2.27 bits per heavy atom. The molecule has 0 bridgehead atoms. The summed E-state index contributed by atoms with van der Waals surface area (Å²) in [5.74, 6) is -0.287.